The number of benzene rings is 2. The van der Waals surface area contributed by atoms with Crippen LogP contribution < -0.4 is 10.2 Å². The van der Waals surface area contributed by atoms with Crippen molar-refractivity contribution in [3.63, 3.8) is 0 Å². The monoisotopic (exact) mass is 434 g/mol. The minimum atomic E-state index is -3.53. The van der Waals surface area contributed by atoms with Crippen LogP contribution in [0.25, 0.3) is 0 Å². The number of hydrogen-bond acceptors (Lipinski definition) is 5. The van der Waals surface area contributed by atoms with E-state index >= 15 is 0 Å². The van der Waals surface area contributed by atoms with E-state index in [0.29, 0.717) is 24.3 Å². The van der Waals surface area contributed by atoms with Crippen LogP contribution >= 0.6 is 0 Å². The largest absolute Gasteiger partial charge is 0.372 e. The highest BCUT2D eigenvalue weighted by Crippen LogP contribution is 2.25. The van der Waals surface area contributed by atoms with E-state index in [1.807, 2.05) is 18.7 Å². The van der Waals surface area contributed by atoms with Crippen molar-refractivity contribution in [2.24, 2.45) is 0 Å². The van der Waals surface area contributed by atoms with E-state index in [2.05, 4.69) is 5.32 Å². The van der Waals surface area contributed by atoms with Gasteiger partial charge in [-0.3, -0.25) is 4.79 Å². The number of hydrogen-bond donors (Lipinski definition) is 1. The number of nitrogens with one attached hydrogen (secondary N) is 1. The van der Waals surface area contributed by atoms with Gasteiger partial charge in [-0.15, -0.1) is 0 Å². The van der Waals surface area contributed by atoms with Crippen LogP contribution in [0.3, 0.4) is 0 Å². The summed E-state index contributed by atoms with van der Waals surface area (Å²) in [5.41, 5.74) is 1.19. The first-order chi connectivity index (χ1) is 14.2. The third-order valence-corrected chi connectivity index (χ3v) is 6.86. The van der Waals surface area contributed by atoms with Gasteiger partial charge in [0.25, 0.3) is 5.91 Å². The van der Waals surface area contributed by atoms with Crippen LogP contribution in [0.4, 0.5) is 10.1 Å². The Balaban J connectivity index is 1.72. The van der Waals surface area contributed by atoms with Crippen molar-refractivity contribution in [1.29, 1.82) is 0 Å². The van der Waals surface area contributed by atoms with Gasteiger partial charge in [-0.05, 0) is 43.7 Å². The van der Waals surface area contributed by atoms with E-state index in [1.54, 1.807) is 24.3 Å². The standard InChI is InChI=1S/C22H27FN2O4S/c1-4-30(27,28)21-8-6-5-7-18(21)22(26)24-12-17-9-10-20(19(23)11-17)25-13-15(2)29-16(3)14-25/h5-11,15-16H,4,12-14H2,1-3H3,(H,24,26). The maximum absolute atomic E-state index is 14.7. The molecule has 0 bridgehead atoms. The Kier molecular flexibility index (Phi) is 6.77. The van der Waals surface area contributed by atoms with Crippen LogP contribution in [0.15, 0.2) is 47.4 Å². The first-order valence-corrected chi connectivity index (χ1v) is 11.6. The summed E-state index contributed by atoms with van der Waals surface area (Å²) >= 11 is 0. The SMILES string of the molecule is CCS(=O)(=O)c1ccccc1C(=O)NCc1ccc(N2CC(C)OC(C)C2)c(F)c1. The Labute approximate surface area is 177 Å². The number of halogens is 1. The molecule has 2 aromatic rings. The number of nitrogens with zero attached hydrogens (tertiary/aromatic N) is 1. The molecule has 2 aromatic carbocycles. The van der Waals surface area contributed by atoms with E-state index in [-0.39, 0.29) is 40.8 Å². The van der Waals surface area contributed by atoms with Gasteiger partial charge in [-0.1, -0.05) is 25.1 Å². The number of carbonyl (C=O) groups excluding carboxylic acids is 1. The average Bonchev–Trinajstić information content (AvgIpc) is 2.71. The van der Waals surface area contributed by atoms with Crippen LogP contribution in [0.2, 0.25) is 0 Å². The summed E-state index contributed by atoms with van der Waals surface area (Å²) < 4.78 is 44.9. The molecule has 0 aliphatic carbocycles. The molecule has 1 amide bonds. The second kappa shape index (κ2) is 9.14. The third kappa shape index (κ3) is 4.99. The molecule has 0 radical (unpaired) electrons. The lowest BCUT2D eigenvalue weighted by atomic mass is 10.1. The summed E-state index contributed by atoms with van der Waals surface area (Å²) in [5, 5.41) is 2.69. The van der Waals surface area contributed by atoms with Gasteiger partial charge in [0.05, 0.1) is 34.1 Å². The molecule has 0 saturated carbocycles. The van der Waals surface area contributed by atoms with Crippen molar-refractivity contribution in [2.75, 3.05) is 23.7 Å². The number of ether oxygens (including phenoxy) is 1. The Morgan fingerprint density at radius 2 is 1.83 bits per heavy atom. The normalized spacial score (nSPS) is 19.5. The van der Waals surface area contributed by atoms with Gasteiger partial charge in [-0.25, -0.2) is 12.8 Å². The van der Waals surface area contributed by atoms with Gasteiger partial charge in [0, 0.05) is 19.6 Å². The molecular weight excluding hydrogens is 407 g/mol. The van der Waals surface area contributed by atoms with Crippen molar-refractivity contribution in [2.45, 2.75) is 44.4 Å². The number of morpholine rings is 1. The lowest BCUT2D eigenvalue weighted by Gasteiger charge is -2.37. The zero-order chi connectivity index (χ0) is 21.9. The highest BCUT2D eigenvalue weighted by atomic mass is 32.2. The second-order valence-corrected chi connectivity index (χ2v) is 9.78. The Morgan fingerprint density at radius 3 is 2.47 bits per heavy atom. The first-order valence-electron chi connectivity index (χ1n) is 10.00. The van der Waals surface area contributed by atoms with Crippen molar-refractivity contribution in [1.82, 2.24) is 5.32 Å². The molecule has 162 valence electrons. The Bertz CT molecular complexity index is 1020. The maximum atomic E-state index is 14.7. The number of rotatable bonds is 6. The second-order valence-electron chi connectivity index (χ2n) is 7.53. The van der Waals surface area contributed by atoms with E-state index in [4.69, 9.17) is 4.74 Å². The Hall–Kier alpha value is -2.45. The zero-order valence-corrected chi connectivity index (χ0v) is 18.2. The minimum Gasteiger partial charge on any atom is -0.372 e. The number of amides is 1. The summed E-state index contributed by atoms with van der Waals surface area (Å²) in [5.74, 6) is -0.970. The fourth-order valence-corrected chi connectivity index (χ4v) is 4.74. The molecule has 2 unspecified atom stereocenters. The van der Waals surface area contributed by atoms with E-state index in [0.717, 1.165) is 0 Å². The zero-order valence-electron chi connectivity index (χ0n) is 17.4. The smallest absolute Gasteiger partial charge is 0.252 e. The summed E-state index contributed by atoms with van der Waals surface area (Å²) in [7, 11) is -3.53. The molecule has 0 spiro atoms. The van der Waals surface area contributed by atoms with Gasteiger partial charge >= 0.3 is 0 Å². The number of sulfone groups is 1. The third-order valence-electron chi connectivity index (χ3n) is 5.07. The summed E-state index contributed by atoms with van der Waals surface area (Å²) in [6.45, 7) is 6.76. The van der Waals surface area contributed by atoms with Crippen LogP contribution in [-0.2, 0) is 21.1 Å². The van der Waals surface area contributed by atoms with Crippen molar-refractivity contribution >= 4 is 21.4 Å². The molecular formula is C22H27FN2O4S. The van der Waals surface area contributed by atoms with Crippen molar-refractivity contribution in [3.8, 4) is 0 Å². The number of carbonyl (C=O) groups is 1. The quantitative estimate of drug-likeness (QED) is 0.756. The summed E-state index contributed by atoms with van der Waals surface area (Å²) in [6, 6.07) is 11.0. The van der Waals surface area contributed by atoms with Crippen molar-refractivity contribution < 1.29 is 22.3 Å². The fourth-order valence-electron chi connectivity index (χ4n) is 3.65. The molecule has 6 nitrogen and oxygen atoms in total. The lowest BCUT2D eigenvalue weighted by Crippen LogP contribution is -2.45. The summed E-state index contributed by atoms with van der Waals surface area (Å²) in [6.07, 6.45) is 0.0400. The molecule has 1 N–H and O–H groups in total. The molecule has 1 aliphatic rings. The highest BCUT2D eigenvalue weighted by molar-refractivity contribution is 7.91. The minimum absolute atomic E-state index is 0.00193. The topological polar surface area (TPSA) is 75.7 Å². The maximum Gasteiger partial charge on any atom is 0.252 e. The average molecular weight is 435 g/mol. The first kappa shape index (κ1) is 22.2. The van der Waals surface area contributed by atoms with Gasteiger partial charge in [0.2, 0.25) is 0 Å². The van der Waals surface area contributed by atoms with E-state index < -0.39 is 15.7 Å². The van der Waals surface area contributed by atoms with Gasteiger partial charge in [0.1, 0.15) is 5.82 Å². The molecule has 1 fully saturated rings. The molecule has 1 saturated heterocycles. The van der Waals surface area contributed by atoms with E-state index in [1.165, 1.54) is 25.1 Å². The molecule has 3 rings (SSSR count). The van der Waals surface area contributed by atoms with Crippen LogP contribution in [0.5, 0.6) is 0 Å². The van der Waals surface area contributed by atoms with E-state index in [9.17, 15) is 17.6 Å². The fraction of sp³-hybridized carbons (Fsp3) is 0.409. The van der Waals surface area contributed by atoms with Crippen LogP contribution in [0.1, 0.15) is 36.7 Å². The highest BCUT2D eigenvalue weighted by Gasteiger charge is 2.24. The number of anilines is 1. The molecule has 1 heterocycles. The molecule has 0 aromatic heterocycles. The van der Waals surface area contributed by atoms with Crippen molar-refractivity contribution in [3.05, 3.63) is 59.4 Å². The lowest BCUT2D eigenvalue weighted by molar-refractivity contribution is -0.00539. The van der Waals surface area contributed by atoms with Crippen LogP contribution in [-0.4, -0.2) is 45.4 Å². The Morgan fingerprint density at radius 1 is 1.17 bits per heavy atom. The van der Waals surface area contributed by atoms with Gasteiger partial charge < -0.3 is 15.0 Å². The van der Waals surface area contributed by atoms with Gasteiger partial charge in [0.15, 0.2) is 9.84 Å². The molecule has 2 atom stereocenters. The molecule has 1 aliphatic heterocycles. The summed E-state index contributed by atoms with van der Waals surface area (Å²) in [4.78, 5) is 14.5. The van der Waals surface area contributed by atoms with Crippen LogP contribution in [0, 0.1) is 5.82 Å². The molecule has 8 heteroatoms. The predicted octanol–water partition coefficient (Wildman–Crippen LogP) is 3.16. The van der Waals surface area contributed by atoms with Gasteiger partial charge in [-0.2, -0.15) is 0 Å². The predicted molar refractivity (Wildman–Crippen MR) is 114 cm³/mol. The molecule has 30 heavy (non-hydrogen) atoms.